The van der Waals surface area contributed by atoms with Crippen molar-refractivity contribution >= 4 is 11.7 Å². The molecule has 0 aliphatic carbocycles. The first kappa shape index (κ1) is 14.5. The summed E-state index contributed by atoms with van der Waals surface area (Å²) in [6.07, 6.45) is 3.48. The first-order valence-corrected chi connectivity index (χ1v) is 6.65. The molecule has 1 amide bonds. The summed E-state index contributed by atoms with van der Waals surface area (Å²) in [5.41, 5.74) is 6.51. The van der Waals surface area contributed by atoms with Gasteiger partial charge in [0.25, 0.3) is 5.91 Å². The van der Waals surface area contributed by atoms with Gasteiger partial charge in [-0.15, -0.1) is 0 Å². The Labute approximate surface area is 109 Å². The number of anilines is 1. The minimum absolute atomic E-state index is 0.0110. The molecule has 0 spiro atoms. The van der Waals surface area contributed by atoms with Crippen molar-refractivity contribution in [2.75, 3.05) is 18.8 Å². The van der Waals surface area contributed by atoms with E-state index in [1.807, 2.05) is 18.7 Å². The second-order valence-corrected chi connectivity index (χ2v) is 4.77. The summed E-state index contributed by atoms with van der Waals surface area (Å²) in [5.74, 6) is 0.454. The van der Waals surface area contributed by atoms with E-state index in [9.17, 15) is 4.79 Å². The molecule has 0 radical (unpaired) electrons. The van der Waals surface area contributed by atoms with Crippen LogP contribution < -0.4 is 5.73 Å². The van der Waals surface area contributed by atoms with Crippen LogP contribution in [0.4, 0.5) is 5.82 Å². The summed E-state index contributed by atoms with van der Waals surface area (Å²) in [6.45, 7) is 9.65. The highest BCUT2D eigenvalue weighted by molar-refractivity contribution is 5.98. The van der Waals surface area contributed by atoms with Gasteiger partial charge in [-0.3, -0.25) is 4.79 Å². The third-order valence-corrected chi connectivity index (χ3v) is 2.83. The normalized spacial score (nSPS) is 10.9. The summed E-state index contributed by atoms with van der Waals surface area (Å²) in [6, 6.07) is 0.164. The van der Waals surface area contributed by atoms with Crippen molar-refractivity contribution in [2.45, 2.75) is 46.6 Å². The van der Waals surface area contributed by atoms with E-state index in [0.29, 0.717) is 11.4 Å². The Morgan fingerprint density at radius 3 is 2.33 bits per heavy atom. The largest absolute Gasteiger partial charge is 0.383 e. The Morgan fingerprint density at radius 1 is 1.39 bits per heavy atom. The zero-order chi connectivity index (χ0) is 13.7. The third-order valence-electron chi connectivity index (χ3n) is 2.83. The second-order valence-electron chi connectivity index (χ2n) is 4.77. The van der Waals surface area contributed by atoms with E-state index in [2.05, 4.69) is 18.9 Å². The summed E-state index contributed by atoms with van der Waals surface area (Å²) >= 11 is 0. The van der Waals surface area contributed by atoms with Gasteiger partial charge in [0.15, 0.2) is 0 Å². The fourth-order valence-corrected chi connectivity index (χ4v) is 1.97. The number of rotatable bonds is 6. The van der Waals surface area contributed by atoms with E-state index in [0.717, 1.165) is 25.9 Å². The zero-order valence-corrected chi connectivity index (χ0v) is 11.8. The molecule has 1 aromatic rings. The van der Waals surface area contributed by atoms with Crippen LogP contribution in [0.3, 0.4) is 0 Å². The van der Waals surface area contributed by atoms with Gasteiger partial charge < -0.3 is 10.6 Å². The Kier molecular flexibility index (Phi) is 5.19. The lowest BCUT2D eigenvalue weighted by Crippen LogP contribution is -2.32. The topological polar surface area (TPSA) is 64.2 Å². The number of carbonyl (C=O) groups is 1. The zero-order valence-electron chi connectivity index (χ0n) is 11.8. The predicted octanol–water partition coefficient (Wildman–Crippen LogP) is 2.31. The molecule has 1 aromatic heterocycles. The first-order valence-electron chi connectivity index (χ1n) is 6.65. The van der Waals surface area contributed by atoms with Gasteiger partial charge in [0.1, 0.15) is 11.4 Å². The molecule has 18 heavy (non-hydrogen) atoms. The number of carbonyl (C=O) groups excluding carboxylic acids is 1. The number of nitrogens with two attached hydrogens (primary N) is 1. The van der Waals surface area contributed by atoms with Crippen LogP contribution in [0.25, 0.3) is 0 Å². The average molecular weight is 252 g/mol. The van der Waals surface area contributed by atoms with E-state index in [1.54, 1.807) is 10.9 Å². The van der Waals surface area contributed by atoms with Crippen LogP contribution in [0, 0.1) is 0 Å². The van der Waals surface area contributed by atoms with Crippen molar-refractivity contribution in [3.05, 3.63) is 11.8 Å². The fourth-order valence-electron chi connectivity index (χ4n) is 1.97. The molecule has 0 unspecified atom stereocenters. The lowest BCUT2D eigenvalue weighted by molar-refractivity contribution is 0.0756. The SMILES string of the molecule is CCCN(CCC)C(=O)c1cnn(C(C)C)c1N. The van der Waals surface area contributed by atoms with Crippen molar-refractivity contribution in [3.8, 4) is 0 Å². The molecule has 5 heteroatoms. The van der Waals surface area contributed by atoms with Gasteiger partial charge in [-0.05, 0) is 26.7 Å². The third kappa shape index (κ3) is 3.03. The molecule has 5 nitrogen and oxygen atoms in total. The molecule has 0 bridgehead atoms. The van der Waals surface area contributed by atoms with Gasteiger partial charge in [0.2, 0.25) is 0 Å². The van der Waals surface area contributed by atoms with E-state index in [4.69, 9.17) is 5.73 Å². The molecule has 102 valence electrons. The van der Waals surface area contributed by atoms with Crippen LogP contribution in [-0.4, -0.2) is 33.7 Å². The number of nitrogen functional groups attached to an aromatic ring is 1. The molecule has 1 rings (SSSR count). The minimum Gasteiger partial charge on any atom is -0.383 e. The molecule has 2 N–H and O–H groups in total. The number of amides is 1. The van der Waals surface area contributed by atoms with E-state index in [1.165, 1.54) is 0 Å². The van der Waals surface area contributed by atoms with Crippen molar-refractivity contribution in [3.63, 3.8) is 0 Å². The molecule has 0 atom stereocenters. The molecule has 0 aliphatic rings. The van der Waals surface area contributed by atoms with E-state index >= 15 is 0 Å². The number of hydrogen-bond donors (Lipinski definition) is 1. The van der Waals surface area contributed by atoms with Gasteiger partial charge in [0.05, 0.1) is 6.20 Å². The maximum absolute atomic E-state index is 12.4. The molecular formula is C13H24N4O. The van der Waals surface area contributed by atoms with Crippen LogP contribution in [0.5, 0.6) is 0 Å². The maximum atomic E-state index is 12.4. The predicted molar refractivity (Wildman–Crippen MR) is 73.5 cm³/mol. The van der Waals surface area contributed by atoms with E-state index in [-0.39, 0.29) is 11.9 Å². The van der Waals surface area contributed by atoms with Crippen molar-refractivity contribution < 1.29 is 4.79 Å². The Bertz CT molecular complexity index is 392. The highest BCUT2D eigenvalue weighted by atomic mass is 16.2. The van der Waals surface area contributed by atoms with Crippen LogP contribution in [0.2, 0.25) is 0 Å². The second kappa shape index (κ2) is 6.42. The Morgan fingerprint density at radius 2 is 1.94 bits per heavy atom. The summed E-state index contributed by atoms with van der Waals surface area (Å²) < 4.78 is 1.68. The van der Waals surface area contributed by atoms with Gasteiger partial charge >= 0.3 is 0 Å². The van der Waals surface area contributed by atoms with Crippen LogP contribution in [0.1, 0.15) is 56.9 Å². The highest BCUT2D eigenvalue weighted by Gasteiger charge is 2.21. The Hall–Kier alpha value is -1.52. The quantitative estimate of drug-likeness (QED) is 0.845. The number of aromatic nitrogens is 2. The first-order chi connectivity index (χ1) is 8.52. The molecule has 0 saturated carbocycles. The molecule has 1 heterocycles. The minimum atomic E-state index is -0.0110. The average Bonchev–Trinajstić information content (AvgIpc) is 2.70. The summed E-state index contributed by atoms with van der Waals surface area (Å²) in [4.78, 5) is 14.2. The fraction of sp³-hybridized carbons (Fsp3) is 0.692. The van der Waals surface area contributed by atoms with E-state index < -0.39 is 0 Å². The molecule has 0 aromatic carbocycles. The highest BCUT2D eigenvalue weighted by Crippen LogP contribution is 2.18. The van der Waals surface area contributed by atoms with Crippen LogP contribution in [-0.2, 0) is 0 Å². The van der Waals surface area contributed by atoms with Gasteiger partial charge in [0, 0.05) is 19.1 Å². The molecule has 0 fully saturated rings. The summed E-state index contributed by atoms with van der Waals surface area (Å²) in [5, 5.41) is 4.18. The molecule has 0 aliphatic heterocycles. The number of nitrogens with zero attached hydrogens (tertiary/aromatic N) is 3. The van der Waals surface area contributed by atoms with Crippen molar-refractivity contribution in [2.24, 2.45) is 0 Å². The van der Waals surface area contributed by atoms with Crippen LogP contribution in [0.15, 0.2) is 6.20 Å². The van der Waals surface area contributed by atoms with Crippen molar-refractivity contribution in [1.82, 2.24) is 14.7 Å². The molecule has 0 saturated heterocycles. The van der Waals surface area contributed by atoms with Crippen LogP contribution >= 0.6 is 0 Å². The van der Waals surface area contributed by atoms with Crippen molar-refractivity contribution in [1.29, 1.82) is 0 Å². The van der Waals surface area contributed by atoms with Gasteiger partial charge in [-0.2, -0.15) is 5.10 Å². The maximum Gasteiger partial charge on any atom is 0.259 e. The summed E-state index contributed by atoms with van der Waals surface area (Å²) in [7, 11) is 0. The van der Waals surface area contributed by atoms with Gasteiger partial charge in [-0.25, -0.2) is 4.68 Å². The lowest BCUT2D eigenvalue weighted by Gasteiger charge is -2.21. The lowest BCUT2D eigenvalue weighted by atomic mass is 10.2. The molecular weight excluding hydrogens is 228 g/mol. The smallest absolute Gasteiger partial charge is 0.259 e. The van der Waals surface area contributed by atoms with Gasteiger partial charge in [-0.1, -0.05) is 13.8 Å². The number of hydrogen-bond acceptors (Lipinski definition) is 3. The monoisotopic (exact) mass is 252 g/mol. The standard InChI is InChI=1S/C13H24N4O/c1-5-7-16(8-6-2)13(18)11-9-15-17(10(3)4)12(11)14/h9-10H,5-8,14H2,1-4H3. The Balaban J connectivity index is 2.94.